The summed E-state index contributed by atoms with van der Waals surface area (Å²) in [6.45, 7) is 7.39. The van der Waals surface area contributed by atoms with E-state index in [2.05, 4.69) is 32.0 Å². The van der Waals surface area contributed by atoms with Crippen molar-refractivity contribution in [3.63, 3.8) is 0 Å². The molecule has 0 aliphatic heterocycles. The third kappa shape index (κ3) is 4.15. The Hall–Kier alpha value is -1.35. The molecule has 2 N–H and O–H groups in total. The van der Waals surface area contributed by atoms with Gasteiger partial charge >= 0.3 is 0 Å². The van der Waals surface area contributed by atoms with Crippen LogP contribution < -0.4 is 5.73 Å². The van der Waals surface area contributed by atoms with Gasteiger partial charge in [-0.25, -0.2) is 0 Å². The maximum atomic E-state index is 12.0. The van der Waals surface area contributed by atoms with E-state index < -0.39 is 0 Å². The van der Waals surface area contributed by atoms with Crippen LogP contribution in [0.3, 0.4) is 0 Å². The summed E-state index contributed by atoms with van der Waals surface area (Å²) >= 11 is 0. The molecule has 1 aromatic rings. The van der Waals surface area contributed by atoms with Gasteiger partial charge in [0.05, 0.1) is 0 Å². The number of rotatable bonds is 5. The molecule has 1 amide bonds. The van der Waals surface area contributed by atoms with Gasteiger partial charge in [0.1, 0.15) is 0 Å². The van der Waals surface area contributed by atoms with E-state index in [-0.39, 0.29) is 11.8 Å². The molecule has 0 heterocycles. The summed E-state index contributed by atoms with van der Waals surface area (Å²) in [5.74, 6) is 0.409. The molecule has 0 radical (unpaired) electrons. The Balaban J connectivity index is 2.63. The molecule has 0 aliphatic carbocycles. The van der Waals surface area contributed by atoms with Crippen molar-refractivity contribution in [3.05, 3.63) is 34.9 Å². The Kier molecular flexibility index (Phi) is 5.35. The van der Waals surface area contributed by atoms with Crippen LogP contribution in [0.25, 0.3) is 0 Å². The van der Waals surface area contributed by atoms with E-state index in [4.69, 9.17) is 5.73 Å². The largest absolute Gasteiger partial charge is 0.341 e. The number of nitrogens with zero attached hydrogens (tertiary/aromatic N) is 1. The summed E-state index contributed by atoms with van der Waals surface area (Å²) in [5, 5.41) is 0. The SMILES string of the molecule is Cc1ccc(CN(C)C(=O)CC(C)CN)c(C)c1. The number of carbonyl (C=O) groups is 1. The Bertz CT molecular complexity index is 415. The molecular formula is C15H24N2O. The van der Waals surface area contributed by atoms with Gasteiger partial charge in [-0.2, -0.15) is 0 Å². The van der Waals surface area contributed by atoms with E-state index in [0.29, 0.717) is 19.5 Å². The predicted molar refractivity (Wildman–Crippen MR) is 75.2 cm³/mol. The quantitative estimate of drug-likeness (QED) is 0.868. The summed E-state index contributed by atoms with van der Waals surface area (Å²) < 4.78 is 0. The zero-order valence-electron chi connectivity index (χ0n) is 11.9. The van der Waals surface area contributed by atoms with Crippen molar-refractivity contribution >= 4 is 5.91 Å². The van der Waals surface area contributed by atoms with Crippen LogP contribution in [0.2, 0.25) is 0 Å². The highest BCUT2D eigenvalue weighted by atomic mass is 16.2. The molecule has 1 rings (SSSR count). The topological polar surface area (TPSA) is 46.3 Å². The highest BCUT2D eigenvalue weighted by molar-refractivity contribution is 5.76. The molecule has 1 unspecified atom stereocenters. The predicted octanol–water partition coefficient (Wildman–Crippen LogP) is 2.25. The van der Waals surface area contributed by atoms with Gasteiger partial charge in [0, 0.05) is 20.0 Å². The van der Waals surface area contributed by atoms with E-state index in [9.17, 15) is 4.79 Å². The molecule has 1 atom stereocenters. The van der Waals surface area contributed by atoms with Crippen LogP contribution in [0.1, 0.15) is 30.0 Å². The zero-order valence-corrected chi connectivity index (χ0v) is 11.9. The second kappa shape index (κ2) is 6.55. The summed E-state index contributed by atoms with van der Waals surface area (Å²) in [6.07, 6.45) is 0.526. The second-order valence-electron chi connectivity index (χ2n) is 5.22. The first-order chi connectivity index (χ1) is 8.43. The third-order valence-electron chi connectivity index (χ3n) is 3.26. The average Bonchev–Trinajstić information content (AvgIpc) is 2.32. The van der Waals surface area contributed by atoms with Crippen LogP contribution in [0.5, 0.6) is 0 Å². The van der Waals surface area contributed by atoms with Crippen LogP contribution in [0.4, 0.5) is 0 Å². The van der Waals surface area contributed by atoms with E-state index in [0.717, 1.165) is 0 Å². The van der Waals surface area contributed by atoms with Gasteiger partial charge in [-0.1, -0.05) is 30.7 Å². The van der Waals surface area contributed by atoms with Gasteiger partial charge in [0.25, 0.3) is 0 Å². The van der Waals surface area contributed by atoms with Crippen molar-refractivity contribution in [2.24, 2.45) is 11.7 Å². The summed E-state index contributed by atoms with van der Waals surface area (Å²) in [7, 11) is 1.85. The minimum atomic E-state index is 0.160. The molecule has 100 valence electrons. The van der Waals surface area contributed by atoms with Gasteiger partial charge in [0.2, 0.25) is 5.91 Å². The number of hydrogen-bond acceptors (Lipinski definition) is 2. The fraction of sp³-hybridized carbons (Fsp3) is 0.533. The molecule has 3 nitrogen and oxygen atoms in total. The van der Waals surface area contributed by atoms with E-state index in [1.165, 1.54) is 16.7 Å². The van der Waals surface area contributed by atoms with Crippen LogP contribution in [0, 0.1) is 19.8 Å². The monoisotopic (exact) mass is 248 g/mol. The lowest BCUT2D eigenvalue weighted by Crippen LogP contribution is -2.29. The van der Waals surface area contributed by atoms with Crippen LogP contribution in [-0.2, 0) is 11.3 Å². The Morgan fingerprint density at radius 2 is 2.06 bits per heavy atom. The van der Waals surface area contributed by atoms with Gasteiger partial charge in [-0.15, -0.1) is 0 Å². The molecule has 1 aromatic carbocycles. The number of carbonyl (C=O) groups excluding carboxylic acids is 1. The lowest BCUT2D eigenvalue weighted by Gasteiger charge is -2.20. The van der Waals surface area contributed by atoms with Crippen LogP contribution in [-0.4, -0.2) is 24.4 Å². The Morgan fingerprint density at radius 1 is 1.39 bits per heavy atom. The molecule has 0 saturated heterocycles. The minimum Gasteiger partial charge on any atom is -0.341 e. The Labute approximate surface area is 110 Å². The minimum absolute atomic E-state index is 0.160. The maximum Gasteiger partial charge on any atom is 0.222 e. The van der Waals surface area contributed by atoms with E-state index in [1.54, 1.807) is 4.90 Å². The van der Waals surface area contributed by atoms with Crippen molar-refractivity contribution < 1.29 is 4.79 Å². The first-order valence-electron chi connectivity index (χ1n) is 6.44. The number of nitrogens with two attached hydrogens (primary N) is 1. The lowest BCUT2D eigenvalue weighted by molar-refractivity contribution is -0.131. The molecule has 0 aromatic heterocycles. The highest BCUT2D eigenvalue weighted by Gasteiger charge is 2.13. The first kappa shape index (κ1) is 14.7. The van der Waals surface area contributed by atoms with Crippen LogP contribution in [0.15, 0.2) is 18.2 Å². The Morgan fingerprint density at radius 3 is 2.61 bits per heavy atom. The molecule has 18 heavy (non-hydrogen) atoms. The molecule has 0 saturated carbocycles. The van der Waals surface area contributed by atoms with Crippen molar-refractivity contribution in [3.8, 4) is 0 Å². The van der Waals surface area contributed by atoms with Gasteiger partial charge in [-0.3, -0.25) is 4.79 Å². The smallest absolute Gasteiger partial charge is 0.222 e. The number of amides is 1. The second-order valence-corrected chi connectivity index (χ2v) is 5.22. The molecule has 0 aliphatic rings. The number of hydrogen-bond donors (Lipinski definition) is 1. The standard InChI is InChI=1S/C15H24N2O/c1-11-5-6-14(13(3)7-11)10-17(4)15(18)8-12(2)9-16/h5-7,12H,8-10,16H2,1-4H3. The number of benzene rings is 1. The zero-order chi connectivity index (χ0) is 13.7. The van der Waals surface area contributed by atoms with Crippen LogP contribution >= 0.6 is 0 Å². The normalized spacial score (nSPS) is 12.3. The van der Waals surface area contributed by atoms with E-state index in [1.807, 2.05) is 14.0 Å². The van der Waals surface area contributed by atoms with Crippen molar-refractivity contribution in [1.29, 1.82) is 0 Å². The molecule has 0 fully saturated rings. The van der Waals surface area contributed by atoms with Crippen molar-refractivity contribution in [2.45, 2.75) is 33.7 Å². The number of aryl methyl sites for hydroxylation is 2. The maximum absolute atomic E-state index is 12.0. The molecule has 0 spiro atoms. The summed E-state index contributed by atoms with van der Waals surface area (Å²) in [4.78, 5) is 13.7. The van der Waals surface area contributed by atoms with Crippen molar-refractivity contribution in [2.75, 3.05) is 13.6 Å². The third-order valence-corrected chi connectivity index (χ3v) is 3.26. The fourth-order valence-electron chi connectivity index (χ4n) is 1.90. The fourth-order valence-corrected chi connectivity index (χ4v) is 1.90. The lowest BCUT2D eigenvalue weighted by atomic mass is 10.0. The molecular weight excluding hydrogens is 224 g/mol. The average molecular weight is 248 g/mol. The summed E-state index contributed by atoms with van der Waals surface area (Å²) in [6, 6.07) is 6.33. The summed E-state index contributed by atoms with van der Waals surface area (Å²) in [5.41, 5.74) is 9.24. The van der Waals surface area contributed by atoms with Gasteiger partial charge in [-0.05, 0) is 37.4 Å². The first-order valence-corrected chi connectivity index (χ1v) is 6.44. The highest BCUT2D eigenvalue weighted by Crippen LogP contribution is 2.13. The molecule has 3 heteroatoms. The van der Waals surface area contributed by atoms with Crippen molar-refractivity contribution in [1.82, 2.24) is 4.90 Å². The van der Waals surface area contributed by atoms with Gasteiger partial charge in [0.15, 0.2) is 0 Å². The van der Waals surface area contributed by atoms with E-state index >= 15 is 0 Å². The van der Waals surface area contributed by atoms with Gasteiger partial charge < -0.3 is 10.6 Å². The molecule has 0 bridgehead atoms.